The number of aliphatic carboxylic acids is 1. The first-order valence-corrected chi connectivity index (χ1v) is 11.6. The zero-order valence-corrected chi connectivity index (χ0v) is 19.4. The second kappa shape index (κ2) is 9.85. The van der Waals surface area contributed by atoms with E-state index in [1.165, 1.54) is 0 Å². The summed E-state index contributed by atoms with van der Waals surface area (Å²) in [5.41, 5.74) is 3.40. The number of amides is 2. The predicted molar refractivity (Wildman–Crippen MR) is 125 cm³/mol. The van der Waals surface area contributed by atoms with Crippen molar-refractivity contribution in [2.24, 2.45) is 5.41 Å². The Morgan fingerprint density at radius 1 is 1.12 bits per heavy atom. The van der Waals surface area contributed by atoms with Gasteiger partial charge in [-0.25, -0.2) is 9.59 Å². The van der Waals surface area contributed by atoms with Crippen LogP contribution >= 0.6 is 0 Å². The Bertz CT molecular complexity index is 1040. The van der Waals surface area contributed by atoms with Gasteiger partial charge in [-0.2, -0.15) is 0 Å². The molecule has 34 heavy (non-hydrogen) atoms. The molecule has 0 saturated carbocycles. The van der Waals surface area contributed by atoms with Gasteiger partial charge >= 0.3 is 12.1 Å². The fraction of sp³-hybridized carbons (Fsp3) is 0.423. The van der Waals surface area contributed by atoms with E-state index in [-0.39, 0.29) is 25.7 Å². The van der Waals surface area contributed by atoms with Gasteiger partial charge in [0.05, 0.1) is 24.7 Å². The van der Waals surface area contributed by atoms with E-state index >= 15 is 0 Å². The first-order chi connectivity index (χ1) is 16.3. The van der Waals surface area contributed by atoms with E-state index in [9.17, 15) is 19.5 Å². The number of carboxylic acid groups (broad SMARTS) is 1. The molecule has 0 aromatic heterocycles. The standard InChI is InChI=1S/C26H30N2O6/c1-3-8-21(23(29)30)27-24(31)26(2)15-33-14-22(26)28-25(32)34-13-20-18-11-6-4-9-16(18)17-10-5-7-12-19(17)20/h4-7,9-12,20-22H,3,8,13-15H2,1-2H3,(H,27,31)(H,28,32)(H,29,30)/t21-,22?,26?/m1/s1. The van der Waals surface area contributed by atoms with Gasteiger partial charge in [-0.05, 0) is 35.6 Å². The van der Waals surface area contributed by atoms with E-state index < -0.39 is 35.5 Å². The van der Waals surface area contributed by atoms with Crippen LogP contribution in [0.1, 0.15) is 43.7 Å². The smallest absolute Gasteiger partial charge is 0.407 e. The minimum Gasteiger partial charge on any atom is -0.480 e. The highest BCUT2D eigenvalue weighted by Gasteiger charge is 2.48. The molecule has 3 atom stereocenters. The van der Waals surface area contributed by atoms with E-state index in [2.05, 4.69) is 22.8 Å². The Hall–Kier alpha value is -3.39. The maximum absolute atomic E-state index is 12.9. The van der Waals surface area contributed by atoms with Gasteiger partial charge in [0, 0.05) is 5.92 Å². The number of carbonyl (C=O) groups excluding carboxylic acids is 2. The molecule has 180 valence electrons. The molecular weight excluding hydrogens is 436 g/mol. The Morgan fingerprint density at radius 3 is 2.32 bits per heavy atom. The minimum absolute atomic E-state index is 0.0713. The summed E-state index contributed by atoms with van der Waals surface area (Å²) in [7, 11) is 0. The summed E-state index contributed by atoms with van der Waals surface area (Å²) in [4.78, 5) is 37.1. The Morgan fingerprint density at radius 2 is 1.74 bits per heavy atom. The van der Waals surface area contributed by atoms with Crippen LogP contribution < -0.4 is 10.6 Å². The van der Waals surface area contributed by atoms with E-state index in [0.717, 1.165) is 22.3 Å². The Labute approximate surface area is 198 Å². The van der Waals surface area contributed by atoms with E-state index in [4.69, 9.17) is 9.47 Å². The fourth-order valence-electron chi connectivity index (χ4n) is 4.75. The number of nitrogens with one attached hydrogen (secondary N) is 2. The summed E-state index contributed by atoms with van der Waals surface area (Å²) in [6, 6.07) is 14.5. The van der Waals surface area contributed by atoms with Gasteiger partial charge in [-0.1, -0.05) is 61.9 Å². The average molecular weight is 467 g/mol. The van der Waals surface area contributed by atoms with Gasteiger partial charge in [0.25, 0.3) is 0 Å². The molecule has 0 bridgehead atoms. The predicted octanol–water partition coefficient (Wildman–Crippen LogP) is 3.30. The first kappa shape index (κ1) is 23.8. The molecule has 1 heterocycles. The van der Waals surface area contributed by atoms with Gasteiger partial charge in [0.2, 0.25) is 5.91 Å². The molecular formula is C26H30N2O6. The van der Waals surface area contributed by atoms with Gasteiger partial charge < -0.3 is 25.2 Å². The van der Waals surface area contributed by atoms with Crippen LogP contribution in [0.3, 0.4) is 0 Å². The maximum atomic E-state index is 12.9. The second-order valence-electron chi connectivity index (χ2n) is 9.11. The van der Waals surface area contributed by atoms with E-state index in [1.807, 2.05) is 43.3 Å². The third-order valence-electron chi connectivity index (χ3n) is 6.79. The average Bonchev–Trinajstić information content (AvgIpc) is 3.36. The summed E-state index contributed by atoms with van der Waals surface area (Å²) in [5, 5.41) is 14.7. The highest BCUT2D eigenvalue weighted by Crippen LogP contribution is 2.44. The number of ether oxygens (including phenoxy) is 2. The lowest BCUT2D eigenvalue weighted by atomic mass is 9.84. The van der Waals surface area contributed by atoms with E-state index in [1.54, 1.807) is 6.92 Å². The van der Waals surface area contributed by atoms with Gasteiger partial charge in [-0.3, -0.25) is 4.79 Å². The number of carbonyl (C=O) groups is 3. The molecule has 1 aliphatic heterocycles. The van der Waals surface area contributed by atoms with Crippen molar-refractivity contribution in [2.45, 2.75) is 44.7 Å². The second-order valence-corrected chi connectivity index (χ2v) is 9.11. The Kier molecular flexibility index (Phi) is 6.88. The normalized spacial score (nSPS) is 21.9. The quantitative estimate of drug-likeness (QED) is 0.550. The van der Waals surface area contributed by atoms with Crippen molar-refractivity contribution >= 4 is 18.0 Å². The fourth-order valence-corrected chi connectivity index (χ4v) is 4.75. The van der Waals surface area contributed by atoms with Crippen molar-refractivity contribution in [3.05, 3.63) is 59.7 Å². The van der Waals surface area contributed by atoms with Crippen molar-refractivity contribution in [2.75, 3.05) is 19.8 Å². The van der Waals surface area contributed by atoms with Crippen LogP contribution in [-0.4, -0.2) is 55.0 Å². The van der Waals surface area contributed by atoms with Crippen molar-refractivity contribution in [1.82, 2.24) is 10.6 Å². The number of rotatable bonds is 8. The van der Waals surface area contributed by atoms with Crippen LogP contribution in [-0.2, 0) is 19.1 Å². The summed E-state index contributed by atoms with van der Waals surface area (Å²) in [6.45, 7) is 3.89. The lowest BCUT2D eigenvalue weighted by Gasteiger charge is -2.30. The van der Waals surface area contributed by atoms with Crippen LogP contribution in [0.2, 0.25) is 0 Å². The minimum atomic E-state index is -1.10. The Balaban J connectivity index is 1.40. The zero-order valence-electron chi connectivity index (χ0n) is 19.4. The third kappa shape index (κ3) is 4.50. The van der Waals surface area contributed by atoms with Gasteiger partial charge in [-0.15, -0.1) is 0 Å². The van der Waals surface area contributed by atoms with Crippen LogP contribution in [0.5, 0.6) is 0 Å². The molecule has 8 heteroatoms. The number of fused-ring (bicyclic) bond motifs is 3. The largest absolute Gasteiger partial charge is 0.480 e. The van der Waals surface area contributed by atoms with Crippen LogP contribution in [0, 0.1) is 5.41 Å². The number of benzene rings is 2. The molecule has 2 unspecified atom stereocenters. The first-order valence-electron chi connectivity index (χ1n) is 11.6. The highest BCUT2D eigenvalue weighted by atomic mass is 16.5. The molecule has 2 amide bonds. The molecule has 4 rings (SSSR count). The maximum Gasteiger partial charge on any atom is 0.407 e. The molecule has 2 aliphatic rings. The molecule has 1 fully saturated rings. The molecule has 8 nitrogen and oxygen atoms in total. The van der Waals surface area contributed by atoms with E-state index in [0.29, 0.717) is 12.8 Å². The lowest BCUT2D eigenvalue weighted by molar-refractivity contribution is -0.144. The summed E-state index contributed by atoms with van der Waals surface area (Å²) in [6.07, 6.45) is 0.300. The molecule has 3 N–H and O–H groups in total. The zero-order chi connectivity index (χ0) is 24.3. The molecule has 0 spiro atoms. The summed E-state index contributed by atoms with van der Waals surface area (Å²) in [5.74, 6) is -1.62. The third-order valence-corrected chi connectivity index (χ3v) is 6.79. The SMILES string of the molecule is CCC[C@@H](NC(=O)C1(C)COCC1NC(=O)OCC1c2ccccc2-c2ccccc21)C(=O)O. The molecule has 1 aliphatic carbocycles. The number of carboxylic acids is 1. The number of hydrogen-bond donors (Lipinski definition) is 3. The lowest BCUT2D eigenvalue weighted by Crippen LogP contribution is -2.56. The molecule has 0 radical (unpaired) electrons. The highest BCUT2D eigenvalue weighted by molar-refractivity contribution is 5.88. The molecule has 1 saturated heterocycles. The van der Waals surface area contributed by atoms with Crippen LogP contribution in [0.4, 0.5) is 4.79 Å². The van der Waals surface area contributed by atoms with Crippen molar-refractivity contribution in [1.29, 1.82) is 0 Å². The molecule has 2 aromatic carbocycles. The summed E-state index contributed by atoms with van der Waals surface area (Å²) >= 11 is 0. The van der Waals surface area contributed by atoms with Crippen molar-refractivity contribution in [3.63, 3.8) is 0 Å². The van der Waals surface area contributed by atoms with Crippen LogP contribution in [0.25, 0.3) is 11.1 Å². The summed E-state index contributed by atoms with van der Waals surface area (Å²) < 4.78 is 11.1. The van der Waals surface area contributed by atoms with Crippen molar-refractivity contribution in [3.8, 4) is 11.1 Å². The van der Waals surface area contributed by atoms with Gasteiger partial charge in [0.1, 0.15) is 12.6 Å². The van der Waals surface area contributed by atoms with Crippen molar-refractivity contribution < 1.29 is 29.0 Å². The van der Waals surface area contributed by atoms with Crippen LogP contribution in [0.15, 0.2) is 48.5 Å². The number of hydrogen-bond acceptors (Lipinski definition) is 5. The monoisotopic (exact) mass is 466 g/mol. The molecule has 2 aromatic rings. The topological polar surface area (TPSA) is 114 Å². The van der Waals surface area contributed by atoms with Gasteiger partial charge in [0.15, 0.2) is 0 Å². The number of alkyl carbamates (subject to hydrolysis) is 1.